The van der Waals surface area contributed by atoms with E-state index in [1.165, 1.54) is 16.6 Å². The van der Waals surface area contributed by atoms with Gasteiger partial charge in [-0.2, -0.15) is 13.2 Å². The summed E-state index contributed by atoms with van der Waals surface area (Å²) in [7, 11) is 0. The van der Waals surface area contributed by atoms with Crippen molar-refractivity contribution in [3.05, 3.63) is 0 Å². The van der Waals surface area contributed by atoms with Crippen LogP contribution in [0.2, 0.25) is 0 Å². The van der Waals surface area contributed by atoms with E-state index in [2.05, 4.69) is 3.79 Å². The van der Waals surface area contributed by atoms with Gasteiger partial charge >= 0.3 is 22.8 Å². The van der Waals surface area contributed by atoms with Gasteiger partial charge in [-0.15, -0.1) is 0 Å². The molecule has 0 bridgehead atoms. The summed E-state index contributed by atoms with van der Waals surface area (Å²) in [6, 6.07) is 0. The Hall–Kier alpha value is 0.282. The first-order chi connectivity index (χ1) is 3.06. The molecule has 5 heteroatoms. The lowest BCUT2D eigenvalue weighted by Gasteiger charge is -2.02. The molecular weight excluding hydrogens is 124 g/mol. The molecule has 0 fully saturated rings. The number of hydrogen-bond donors (Lipinski definition) is 0. The third kappa shape index (κ3) is 6.28. The lowest BCUT2D eigenvalue weighted by Crippen LogP contribution is -2.15. The van der Waals surface area contributed by atoms with Crippen LogP contribution in [-0.2, 0) is 3.79 Å². The Balaban J connectivity index is 3.15. The quantitative estimate of drug-likeness (QED) is 0.468. The molecule has 0 unspecified atom stereocenters. The van der Waals surface area contributed by atoms with Crippen molar-refractivity contribution in [1.82, 2.24) is 0 Å². The van der Waals surface area contributed by atoms with Crippen LogP contribution in [0.25, 0.3) is 0 Å². The van der Waals surface area contributed by atoms with E-state index in [0.29, 0.717) is 0 Å². The zero-order chi connectivity index (χ0) is 5.91. The zero-order valence-electron chi connectivity index (χ0n) is 3.33. The highest BCUT2D eigenvalue weighted by atomic mass is 27.1. The number of hydrogen-bond acceptors (Lipinski definition) is 1. The second-order valence-electron chi connectivity index (χ2n) is 0.926. The van der Waals surface area contributed by atoms with E-state index < -0.39 is 12.8 Å². The van der Waals surface area contributed by atoms with E-state index in [1.807, 2.05) is 0 Å². The minimum absolute atomic E-state index is 1.20. The van der Waals surface area contributed by atoms with Crippen LogP contribution < -0.4 is 0 Å². The Morgan fingerprint density at radius 1 is 1.43 bits per heavy atom. The lowest BCUT2D eigenvalue weighted by atomic mass is 10.7. The van der Waals surface area contributed by atoms with Crippen molar-refractivity contribution in [2.75, 3.05) is 6.61 Å². The summed E-state index contributed by atoms with van der Waals surface area (Å²) >= 11 is 1.52. The molecule has 0 heterocycles. The first kappa shape index (κ1) is 7.28. The van der Waals surface area contributed by atoms with E-state index in [1.54, 1.807) is 0 Å². The van der Waals surface area contributed by atoms with Crippen LogP contribution in [0.5, 0.6) is 0 Å². The second kappa shape index (κ2) is 2.56. The van der Waals surface area contributed by atoms with Crippen molar-refractivity contribution in [2.24, 2.45) is 0 Å². The maximum absolute atomic E-state index is 10.9. The van der Waals surface area contributed by atoms with Gasteiger partial charge in [-0.25, -0.2) is 0 Å². The van der Waals surface area contributed by atoms with Crippen LogP contribution in [0, 0.1) is 0 Å². The number of alkyl halides is 3. The molecule has 40 valence electrons. The molecule has 0 spiro atoms. The van der Waals surface area contributed by atoms with E-state index in [9.17, 15) is 13.2 Å². The Morgan fingerprint density at radius 3 is 1.86 bits per heavy atom. The Kier molecular flexibility index (Phi) is 2.66. The SMILES string of the molecule is FC(F)(F)C[O][Al]. The molecule has 7 heavy (non-hydrogen) atoms. The van der Waals surface area contributed by atoms with Crippen molar-refractivity contribution in [1.29, 1.82) is 0 Å². The smallest absolute Gasteiger partial charge is 0.408 e. The molecule has 0 aliphatic rings. The van der Waals surface area contributed by atoms with Crippen LogP contribution in [-0.4, -0.2) is 29.4 Å². The second-order valence-corrected chi connectivity index (χ2v) is 1.26. The Labute approximate surface area is 47.2 Å². The maximum atomic E-state index is 10.9. The summed E-state index contributed by atoms with van der Waals surface area (Å²) in [5.41, 5.74) is 0. The van der Waals surface area contributed by atoms with Gasteiger partial charge in [-0.05, 0) is 0 Å². The predicted molar refractivity (Wildman–Crippen MR) is 17.8 cm³/mol. The van der Waals surface area contributed by atoms with Crippen LogP contribution in [0.4, 0.5) is 13.2 Å². The third-order valence-electron chi connectivity index (χ3n) is 0.247. The van der Waals surface area contributed by atoms with Crippen LogP contribution in [0.1, 0.15) is 0 Å². The summed E-state index contributed by atoms with van der Waals surface area (Å²) in [6.45, 7) is -1.20. The molecule has 0 aliphatic carbocycles. The molecule has 0 aromatic heterocycles. The van der Waals surface area contributed by atoms with E-state index in [0.717, 1.165) is 0 Å². The van der Waals surface area contributed by atoms with Gasteiger partial charge in [-0.3, -0.25) is 0 Å². The fraction of sp³-hybridized carbons (Fsp3) is 1.00. The lowest BCUT2D eigenvalue weighted by molar-refractivity contribution is -0.152. The molecule has 0 N–H and O–H groups in total. The van der Waals surface area contributed by atoms with E-state index in [4.69, 9.17) is 0 Å². The fourth-order valence-corrected chi connectivity index (χ4v) is 0.283. The van der Waals surface area contributed by atoms with Crippen molar-refractivity contribution in [3.63, 3.8) is 0 Å². The highest BCUT2D eigenvalue weighted by Gasteiger charge is 2.25. The maximum Gasteiger partial charge on any atom is 0.408 e. The van der Waals surface area contributed by atoms with E-state index in [-0.39, 0.29) is 0 Å². The van der Waals surface area contributed by atoms with Gasteiger partial charge in [0.2, 0.25) is 0 Å². The van der Waals surface area contributed by atoms with Gasteiger partial charge in [-0.1, -0.05) is 0 Å². The van der Waals surface area contributed by atoms with E-state index >= 15 is 0 Å². The summed E-state index contributed by atoms with van der Waals surface area (Å²) in [4.78, 5) is 0. The average Bonchev–Trinajstić information content (AvgIpc) is 1.30. The molecule has 0 aromatic rings. The van der Waals surface area contributed by atoms with Gasteiger partial charge < -0.3 is 3.79 Å². The van der Waals surface area contributed by atoms with Crippen LogP contribution in [0.3, 0.4) is 0 Å². The Bertz CT molecular complexity index is 51.4. The highest BCUT2D eigenvalue weighted by Crippen LogP contribution is 2.13. The predicted octanol–water partition coefficient (Wildman–Crippen LogP) is 0.649. The summed E-state index contributed by atoms with van der Waals surface area (Å²) in [5.74, 6) is 0. The molecule has 0 atom stereocenters. The average molecular weight is 126 g/mol. The fourth-order valence-electron chi connectivity index (χ4n) is 0.0945. The monoisotopic (exact) mass is 126 g/mol. The molecule has 0 amide bonds. The topological polar surface area (TPSA) is 9.23 Å². The third-order valence-corrected chi connectivity index (χ3v) is 0.414. The van der Waals surface area contributed by atoms with Gasteiger partial charge in [0.25, 0.3) is 0 Å². The molecular formula is C2H2AlF3O. The van der Waals surface area contributed by atoms with Gasteiger partial charge in [0, 0.05) is 0 Å². The molecule has 0 aliphatic heterocycles. The zero-order valence-corrected chi connectivity index (χ0v) is 4.48. The summed E-state index contributed by atoms with van der Waals surface area (Å²) < 4.78 is 36.5. The normalized spacial score (nSPS) is 11.9. The highest BCUT2D eigenvalue weighted by molar-refractivity contribution is 5.97. The van der Waals surface area contributed by atoms with Gasteiger partial charge in [0.1, 0.15) is 6.61 Å². The largest absolute Gasteiger partial charge is 0.510 e. The molecule has 0 saturated carbocycles. The molecule has 0 rings (SSSR count). The van der Waals surface area contributed by atoms with Crippen LogP contribution >= 0.6 is 0 Å². The summed E-state index contributed by atoms with van der Waals surface area (Å²) in [5, 5.41) is 0. The molecule has 0 aromatic carbocycles. The first-order valence-electron chi connectivity index (χ1n) is 1.44. The molecule has 2 radical (unpaired) electrons. The van der Waals surface area contributed by atoms with Gasteiger partial charge in [0.05, 0.1) is 0 Å². The number of rotatable bonds is 1. The number of halogens is 3. The van der Waals surface area contributed by atoms with Crippen molar-refractivity contribution < 1.29 is 17.0 Å². The molecule has 0 saturated heterocycles. The first-order valence-corrected chi connectivity index (χ1v) is 1.92. The molecule has 1 nitrogen and oxygen atoms in total. The van der Waals surface area contributed by atoms with Crippen molar-refractivity contribution >= 4 is 16.6 Å². The van der Waals surface area contributed by atoms with Crippen LogP contribution in [0.15, 0.2) is 0 Å². The van der Waals surface area contributed by atoms with Crippen molar-refractivity contribution in [2.45, 2.75) is 6.18 Å². The summed E-state index contributed by atoms with van der Waals surface area (Å²) in [6.07, 6.45) is -4.19. The standard InChI is InChI=1S/C2H2F3O.Al/c3-2(4,5)1-6;/h1H2;/q-1;+1. The van der Waals surface area contributed by atoms with Crippen molar-refractivity contribution in [3.8, 4) is 0 Å². The van der Waals surface area contributed by atoms with Gasteiger partial charge in [0.15, 0.2) is 0 Å². The minimum atomic E-state index is -4.19. The Morgan fingerprint density at radius 2 is 1.86 bits per heavy atom. The minimum Gasteiger partial charge on any atom is -0.510 e.